The van der Waals surface area contributed by atoms with Crippen LogP contribution < -0.4 is 10.6 Å². The number of amides is 1. The van der Waals surface area contributed by atoms with E-state index in [0.717, 1.165) is 5.56 Å². The highest BCUT2D eigenvalue weighted by Gasteiger charge is 2.50. The second-order valence-corrected chi connectivity index (χ2v) is 9.11. The lowest BCUT2D eigenvalue weighted by atomic mass is 9.76. The van der Waals surface area contributed by atoms with Gasteiger partial charge >= 0.3 is 18.4 Å². The normalized spacial score (nSPS) is 25.5. The maximum Gasteiger partial charge on any atom is 0.416 e. The third-order valence-corrected chi connectivity index (χ3v) is 6.78. The molecule has 1 amide bonds. The Morgan fingerprint density at radius 2 is 1.64 bits per heavy atom. The predicted molar refractivity (Wildman–Crippen MR) is 118 cm³/mol. The molecule has 5 nitrogen and oxygen atoms in total. The first kappa shape index (κ1) is 26.0. The summed E-state index contributed by atoms with van der Waals surface area (Å²) in [6.45, 7) is 5.41. The maximum absolute atomic E-state index is 13.3. The van der Waals surface area contributed by atoms with Crippen LogP contribution in [0.3, 0.4) is 0 Å². The molecular weight excluding hydrogens is 490 g/mol. The summed E-state index contributed by atoms with van der Waals surface area (Å²) in [6, 6.07) is 10.6. The molecule has 36 heavy (non-hydrogen) atoms. The summed E-state index contributed by atoms with van der Waals surface area (Å²) in [5, 5.41) is 6.13. The standard InChI is InChI=1S/C25H24F6N2O3/c1-15(17-10-19(24(26,27)28)12-20(11-17)25(29,30)31)35-14-23(18-6-4-3-5-7-18)9-8-22(13-32-23)16(2)36-21(34)33-22/h3-7,10-12,15,32H,2,8-9,13-14H2,1H3,(H,33,34). The highest BCUT2D eigenvalue weighted by Crippen LogP contribution is 2.41. The molecule has 2 aliphatic rings. The average molecular weight is 514 g/mol. The smallest absolute Gasteiger partial charge is 0.413 e. The van der Waals surface area contributed by atoms with Crippen molar-refractivity contribution in [1.29, 1.82) is 0 Å². The zero-order valence-corrected chi connectivity index (χ0v) is 19.2. The first-order valence-corrected chi connectivity index (χ1v) is 11.2. The van der Waals surface area contributed by atoms with Gasteiger partial charge in [0.2, 0.25) is 0 Å². The van der Waals surface area contributed by atoms with Gasteiger partial charge in [-0.05, 0) is 49.1 Å². The van der Waals surface area contributed by atoms with Crippen molar-refractivity contribution in [3.05, 3.63) is 83.1 Å². The van der Waals surface area contributed by atoms with E-state index in [1.165, 1.54) is 6.92 Å². The molecule has 2 aromatic carbocycles. The zero-order valence-electron chi connectivity index (χ0n) is 19.2. The lowest BCUT2D eigenvalue weighted by Crippen LogP contribution is -2.62. The summed E-state index contributed by atoms with van der Waals surface area (Å²) < 4.78 is 90.8. The number of alkyl halides is 6. The van der Waals surface area contributed by atoms with Crippen molar-refractivity contribution in [2.45, 2.75) is 49.3 Å². The topological polar surface area (TPSA) is 59.6 Å². The number of hydrogen-bond donors (Lipinski definition) is 2. The monoisotopic (exact) mass is 514 g/mol. The first-order chi connectivity index (χ1) is 16.7. The molecule has 11 heteroatoms. The Morgan fingerprint density at radius 3 is 2.11 bits per heavy atom. The van der Waals surface area contributed by atoms with E-state index in [9.17, 15) is 31.1 Å². The molecule has 1 spiro atoms. The average Bonchev–Trinajstić information content (AvgIpc) is 3.10. The number of halogens is 6. The number of cyclic esters (lactones) is 1. The Kier molecular flexibility index (Phi) is 6.59. The van der Waals surface area contributed by atoms with E-state index < -0.39 is 46.8 Å². The summed E-state index contributed by atoms with van der Waals surface area (Å²) in [4.78, 5) is 11.7. The van der Waals surface area contributed by atoms with E-state index in [2.05, 4.69) is 17.2 Å². The van der Waals surface area contributed by atoms with Crippen molar-refractivity contribution >= 4 is 6.09 Å². The molecule has 0 saturated carbocycles. The third-order valence-electron chi connectivity index (χ3n) is 6.78. The van der Waals surface area contributed by atoms with Crippen LogP contribution in [-0.2, 0) is 27.4 Å². The predicted octanol–water partition coefficient (Wildman–Crippen LogP) is 6.07. The molecule has 0 aliphatic carbocycles. The van der Waals surface area contributed by atoms with E-state index in [1.807, 2.05) is 30.3 Å². The third kappa shape index (κ3) is 5.08. The number of hydrogen-bond acceptors (Lipinski definition) is 4. The van der Waals surface area contributed by atoms with Crippen molar-refractivity contribution in [2.75, 3.05) is 13.2 Å². The maximum atomic E-state index is 13.3. The van der Waals surface area contributed by atoms with Crippen LogP contribution in [0, 0.1) is 0 Å². The number of ether oxygens (including phenoxy) is 2. The van der Waals surface area contributed by atoms with Crippen LogP contribution in [0.5, 0.6) is 0 Å². The van der Waals surface area contributed by atoms with Crippen LogP contribution >= 0.6 is 0 Å². The number of piperidine rings is 1. The number of carbonyl (C=O) groups is 1. The first-order valence-electron chi connectivity index (χ1n) is 11.2. The molecule has 2 aliphatic heterocycles. The van der Waals surface area contributed by atoms with Gasteiger partial charge in [-0.15, -0.1) is 0 Å². The van der Waals surface area contributed by atoms with Crippen molar-refractivity contribution < 1.29 is 40.6 Å². The number of benzene rings is 2. The Morgan fingerprint density at radius 1 is 1.03 bits per heavy atom. The van der Waals surface area contributed by atoms with Gasteiger partial charge in [0.05, 0.1) is 29.4 Å². The van der Waals surface area contributed by atoms with Crippen LogP contribution in [0.4, 0.5) is 31.1 Å². The Hall–Kier alpha value is -3.05. The molecule has 2 N–H and O–H groups in total. The van der Waals surface area contributed by atoms with Gasteiger partial charge in [0.15, 0.2) is 0 Å². The van der Waals surface area contributed by atoms with Crippen LogP contribution in [0.2, 0.25) is 0 Å². The fourth-order valence-corrected chi connectivity index (χ4v) is 4.56. The highest BCUT2D eigenvalue weighted by molar-refractivity contribution is 5.74. The molecule has 194 valence electrons. The summed E-state index contributed by atoms with van der Waals surface area (Å²) in [7, 11) is 0. The number of carbonyl (C=O) groups excluding carboxylic acids is 1. The number of nitrogens with one attached hydrogen (secondary N) is 2. The lowest BCUT2D eigenvalue weighted by Gasteiger charge is -2.45. The molecule has 2 fully saturated rings. The van der Waals surface area contributed by atoms with Gasteiger partial charge in [-0.1, -0.05) is 36.9 Å². The number of rotatable bonds is 5. The van der Waals surface area contributed by atoms with E-state index >= 15 is 0 Å². The van der Waals surface area contributed by atoms with Crippen molar-refractivity contribution in [1.82, 2.24) is 10.6 Å². The molecule has 2 aromatic rings. The molecule has 0 radical (unpaired) electrons. The number of alkyl carbamates (subject to hydrolysis) is 1. The van der Waals surface area contributed by atoms with E-state index in [-0.39, 0.29) is 30.5 Å². The minimum absolute atomic E-state index is 0.0485. The second-order valence-electron chi connectivity index (χ2n) is 9.11. The summed E-state index contributed by atoms with van der Waals surface area (Å²) >= 11 is 0. The van der Waals surface area contributed by atoms with Crippen LogP contribution in [0.1, 0.15) is 48.1 Å². The van der Waals surface area contributed by atoms with E-state index in [0.29, 0.717) is 25.0 Å². The minimum atomic E-state index is -4.95. The van der Waals surface area contributed by atoms with E-state index in [1.54, 1.807) is 0 Å². The van der Waals surface area contributed by atoms with Crippen molar-refractivity contribution in [2.24, 2.45) is 0 Å². The minimum Gasteiger partial charge on any atom is -0.413 e. The quantitative estimate of drug-likeness (QED) is 0.476. The van der Waals surface area contributed by atoms with Gasteiger partial charge < -0.3 is 20.1 Å². The summed E-state index contributed by atoms with van der Waals surface area (Å²) in [5.41, 5.74) is -3.84. The Balaban J connectivity index is 1.59. The van der Waals surface area contributed by atoms with Gasteiger partial charge in [0, 0.05) is 6.54 Å². The van der Waals surface area contributed by atoms with Gasteiger partial charge in [-0.3, -0.25) is 0 Å². The van der Waals surface area contributed by atoms with Crippen LogP contribution in [-0.4, -0.2) is 24.8 Å². The molecule has 2 heterocycles. The molecular formula is C25H24F6N2O3. The molecule has 2 saturated heterocycles. The Bertz CT molecular complexity index is 1110. The van der Waals surface area contributed by atoms with Gasteiger partial charge in [0.25, 0.3) is 0 Å². The van der Waals surface area contributed by atoms with Gasteiger partial charge in [-0.2, -0.15) is 26.3 Å². The largest absolute Gasteiger partial charge is 0.416 e. The summed E-state index contributed by atoms with van der Waals surface area (Å²) in [6.07, 6.45) is -10.7. The highest BCUT2D eigenvalue weighted by atomic mass is 19.4. The van der Waals surface area contributed by atoms with Gasteiger partial charge in [-0.25, -0.2) is 4.79 Å². The lowest BCUT2D eigenvalue weighted by molar-refractivity contribution is -0.143. The molecule has 3 unspecified atom stereocenters. The molecule has 0 aromatic heterocycles. The van der Waals surface area contributed by atoms with Crippen LogP contribution in [0.25, 0.3) is 0 Å². The SMILES string of the molecule is C=C1OC(=O)NC12CCC(COC(C)c1cc(C(F)(F)F)cc(C(F)(F)F)c1)(c1ccccc1)NC2. The summed E-state index contributed by atoms with van der Waals surface area (Å²) in [5.74, 6) is 0.277. The second kappa shape index (κ2) is 9.11. The molecule has 3 atom stereocenters. The van der Waals surface area contributed by atoms with E-state index in [4.69, 9.17) is 9.47 Å². The zero-order chi connectivity index (χ0) is 26.4. The van der Waals surface area contributed by atoms with Crippen molar-refractivity contribution in [3.63, 3.8) is 0 Å². The van der Waals surface area contributed by atoms with Crippen molar-refractivity contribution in [3.8, 4) is 0 Å². The molecule has 4 rings (SSSR count). The fourth-order valence-electron chi connectivity index (χ4n) is 4.56. The van der Waals surface area contributed by atoms with Gasteiger partial charge in [0.1, 0.15) is 11.3 Å². The molecule has 0 bridgehead atoms. The Labute approximate surface area is 203 Å². The fraction of sp³-hybridized carbons (Fsp3) is 0.400. The van der Waals surface area contributed by atoms with Crippen LogP contribution in [0.15, 0.2) is 60.9 Å².